The highest BCUT2D eigenvalue weighted by molar-refractivity contribution is 5.64. The number of ether oxygens (including phenoxy) is 1. The summed E-state index contributed by atoms with van der Waals surface area (Å²) < 4.78 is 33.9. The van der Waals surface area contributed by atoms with Gasteiger partial charge in [-0.2, -0.15) is 0 Å². The lowest BCUT2D eigenvalue weighted by molar-refractivity contribution is 0.437. The van der Waals surface area contributed by atoms with Gasteiger partial charge in [-0.1, -0.05) is 18.2 Å². The molecule has 0 spiro atoms. The van der Waals surface area contributed by atoms with E-state index in [1.165, 1.54) is 6.07 Å². The highest BCUT2D eigenvalue weighted by Gasteiger charge is 2.06. The third kappa shape index (κ3) is 3.87. The third-order valence-corrected chi connectivity index (χ3v) is 3.60. The van der Waals surface area contributed by atoms with E-state index in [2.05, 4.69) is 11.1 Å². The maximum atomic E-state index is 13.6. The quantitative estimate of drug-likeness (QED) is 0.655. The lowest BCUT2D eigenvalue weighted by Gasteiger charge is -2.08. The standard InChI is InChI=1S/C19H16F2N2O/c1-14(8-10-23-11-9-22-13-23)15-2-5-17(6-3-15)24-19-7-4-16(20)12-18(19)21/h2-9,11-13H,10H2,1H3/b14-8-. The van der Waals surface area contributed by atoms with E-state index in [0.717, 1.165) is 29.8 Å². The molecule has 5 heteroatoms. The first-order chi connectivity index (χ1) is 11.6. The molecular formula is C19H16F2N2O. The summed E-state index contributed by atoms with van der Waals surface area (Å²) in [5, 5.41) is 0. The van der Waals surface area contributed by atoms with Gasteiger partial charge in [-0.25, -0.2) is 13.8 Å². The van der Waals surface area contributed by atoms with Crippen molar-refractivity contribution in [2.24, 2.45) is 0 Å². The first-order valence-electron chi connectivity index (χ1n) is 7.47. The van der Waals surface area contributed by atoms with Crippen molar-refractivity contribution in [2.45, 2.75) is 13.5 Å². The molecule has 1 heterocycles. The van der Waals surface area contributed by atoms with Crippen LogP contribution in [0.5, 0.6) is 11.5 Å². The van der Waals surface area contributed by atoms with Crippen LogP contribution in [0.25, 0.3) is 5.57 Å². The Kier molecular flexibility index (Phi) is 4.70. The van der Waals surface area contributed by atoms with E-state index in [1.54, 1.807) is 24.7 Å². The third-order valence-electron chi connectivity index (χ3n) is 3.60. The number of allylic oxidation sites excluding steroid dienone is 2. The van der Waals surface area contributed by atoms with E-state index in [-0.39, 0.29) is 5.75 Å². The Bertz CT molecular complexity index is 840. The Hall–Kier alpha value is -2.95. The fourth-order valence-electron chi connectivity index (χ4n) is 2.23. The first kappa shape index (κ1) is 15.9. The lowest BCUT2D eigenvalue weighted by Crippen LogP contribution is -1.92. The van der Waals surface area contributed by atoms with Crippen molar-refractivity contribution in [1.82, 2.24) is 9.55 Å². The number of aromatic nitrogens is 2. The Morgan fingerprint density at radius 3 is 2.62 bits per heavy atom. The molecule has 1 aromatic heterocycles. The van der Waals surface area contributed by atoms with Crippen LogP contribution in [0.2, 0.25) is 0 Å². The maximum Gasteiger partial charge on any atom is 0.168 e. The number of halogens is 2. The first-order valence-corrected chi connectivity index (χ1v) is 7.47. The summed E-state index contributed by atoms with van der Waals surface area (Å²) in [5.74, 6) is -0.868. The van der Waals surface area contributed by atoms with Gasteiger partial charge in [0.05, 0.1) is 6.33 Å². The second-order valence-electron chi connectivity index (χ2n) is 5.35. The van der Waals surface area contributed by atoms with Gasteiger partial charge in [0.1, 0.15) is 11.6 Å². The van der Waals surface area contributed by atoms with Gasteiger partial charge in [0.25, 0.3) is 0 Å². The minimum atomic E-state index is -0.726. The number of hydrogen-bond donors (Lipinski definition) is 0. The lowest BCUT2D eigenvalue weighted by atomic mass is 10.1. The molecule has 0 aliphatic carbocycles. The molecular weight excluding hydrogens is 310 g/mol. The van der Waals surface area contributed by atoms with Gasteiger partial charge in [-0.05, 0) is 42.3 Å². The summed E-state index contributed by atoms with van der Waals surface area (Å²) in [6.07, 6.45) is 7.50. The van der Waals surface area contributed by atoms with E-state index < -0.39 is 11.6 Å². The van der Waals surface area contributed by atoms with Crippen LogP contribution in [0.4, 0.5) is 8.78 Å². The smallest absolute Gasteiger partial charge is 0.168 e. The monoisotopic (exact) mass is 326 g/mol. The molecule has 0 aliphatic rings. The molecule has 122 valence electrons. The molecule has 3 rings (SSSR count). The molecule has 0 saturated heterocycles. The average molecular weight is 326 g/mol. The summed E-state index contributed by atoms with van der Waals surface area (Å²) >= 11 is 0. The molecule has 0 N–H and O–H groups in total. The SMILES string of the molecule is C/C(=C/Cn1ccnc1)c1ccc(Oc2ccc(F)cc2F)cc1. The molecule has 2 aromatic carbocycles. The van der Waals surface area contributed by atoms with Crippen LogP contribution in [0.1, 0.15) is 12.5 Å². The van der Waals surface area contributed by atoms with Crippen LogP contribution in [0.15, 0.2) is 67.3 Å². The number of benzene rings is 2. The maximum absolute atomic E-state index is 13.6. The molecule has 0 saturated carbocycles. The fraction of sp³-hybridized carbons (Fsp3) is 0.105. The molecule has 0 atom stereocenters. The second-order valence-corrected chi connectivity index (χ2v) is 5.35. The minimum Gasteiger partial charge on any atom is -0.454 e. The fourth-order valence-corrected chi connectivity index (χ4v) is 2.23. The van der Waals surface area contributed by atoms with E-state index in [4.69, 9.17) is 4.74 Å². The van der Waals surface area contributed by atoms with Gasteiger partial charge in [0.15, 0.2) is 11.6 Å². The summed E-state index contributed by atoms with van der Waals surface area (Å²) in [4.78, 5) is 4.00. The van der Waals surface area contributed by atoms with Gasteiger partial charge in [0.2, 0.25) is 0 Å². The largest absolute Gasteiger partial charge is 0.454 e. The van der Waals surface area contributed by atoms with Crippen molar-refractivity contribution < 1.29 is 13.5 Å². The van der Waals surface area contributed by atoms with Crippen molar-refractivity contribution in [3.8, 4) is 11.5 Å². The molecule has 24 heavy (non-hydrogen) atoms. The van der Waals surface area contributed by atoms with Crippen LogP contribution in [-0.4, -0.2) is 9.55 Å². The van der Waals surface area contributed by atoms with Gasteiger partial charge < -0.3 is 9.30 Å². The molecule has 3 nitrogen and oxygen atoms in total. The zero-order chi connectivity index (χ0) is 16.9. The normalized spacial score (nSPS) is 11.5. The topological polar surface area (TPSA) is 27.1 Å². The van der Waals surface area contributed by atoms with Crippen LogP contribution < -0.4 is 4.74 Å². The van der Waals surface area contributed by atoms with Crippen LogP contribution in [-0.2, 0) is 6.54 Å². The highest BCUT2D eigenvalue weighted by atomic mass is 19.1. The Morgan fingerprint density at radius 1 is 1.17 bits per heavy atom. The number of rotatable bonds is 5. The summed E-state index contributed by atoms with van der Waals surface area (Å²) in [5.41, 5.74) is 2.16. The van der Waals surface area contributed by atoms with Gasteiger partial charge in [0, 0.05) is 25.0 Å². The summed E-state index contributed by atoms with van der Waals surface area (Å²) in [6.45, 7) is 2.76. The van der Waals surface area contributed by atoms with Gasteiger partial charge in [-0.3, -0.25) is 0 Å². The Labute approximate surface area is 138 Å². The Balaban J connectivity index is 1.69. The molecule has 0 radical (unpaired) electrons. The predicted octanol–water partition coefficient (Wildman–Crippen LogP) is 5.06. The second kappa shape index (κ2) is 7.08. The van der Waals surface area contributed by atoms with E-state index >= 15 is 0 Å². The van der Waals surface area contributed by atoms with Crippen LogP contribution in [0.3, 0.4) is 0 Å². The minimum absolute atomic E-state index is 0.00322. The summed E-state index contributed by atoms with van der Waals surface area (Å²) in [7, 11) is 0. The van der Waals surface area contributed by atoms with Crippen molar-refractivity contribution in [3.63, 3.8) is 0 Å². The average Bonchev–Trinajstić information content (AvgIpc) is 3.09. The van der Waals surface area contributed by atoms with Gasteiger partial charge in [-0.15, -0.1) is 0 Å². The summed E-state index contributed by atoms with van der Waals surface area (Å²) in [6, 6.07) is 10.5. The molecule has 0 unspecified atom stereocenters. The molecule has 3 aromatic rings. The Morgan fingerprint density at radius 2 is 1.96 bits per heavy atom. The van der Waals surface area contributed by atoms with E-state index in [0.29, 0.717) is 5.75 Å². The van der Waals surface area contributed by atoms with E-state index in [9.17, 15) is 8.78 Å². The van der Waals surface area contributed by atoms with Crippen molar-refractivity contribution in [3.05, 3.63) is 84.5 Å². The number of nitrogens with zero attached hydrogens (tertiary/aromatic N) is 2. The predicted molar refractivity (Wildman–Crippen MR) is 88.8 cm³/mol. The highest BCUT2D eigenvalue weighted by Crippen LogP contribution is 2.26. The molecule has 0 fully saturated rings. The van der Waals surface area contributed by atoms with E-state index in [1.807, 2.05) is 29.8 Å². The molecule has 0 aliphatic heterocycles. The molecule has 0 amide bonds. The number of imidazole rings is 1. The van der Waals surface area contributed by atoms with Crippen LogP contribution >= 0.6 is 0 Å². The van der Waals surface area contributed by atoms with Crippen molar-refractivity contribution in [2.75, 3.05) is 0 Å². The van der Waals surface area contributed by atoms with Crippen molar-refractivity contribution in [1.29, 1.82) is 0 Å². The number of hydrogen-bond acceptors (Lipinski definition) is 2. The molecule has 0 bridgehead atoms. The van der Waals surface area contributed by atoms with Crippen LogP contribution in [0, 0.1) is 11.6 Å². The zero-order valence-corrected chi connectivity index (χ0v) is 13.1. The zero-order valence-electron chi connectivity index (χ0n) is 13.1. The van der Waals surface area contributed by atoms with Crippen molar-refractivity contribution >= 4 is 5.57 Å². The van der Waals surface area contributed by atoms with Gasteiger partial charge >= 0.3 is 0 Å².